The Morgan fingerprint density at radius 3 is 2.94 bits per heavy atom. The summed E-state index contributed by atoms with van der Waals surface area (Å²) in [7, 11) is 0. The maximum Gasteiger partial charge on any atom is 0.0956 e. The molecule has 0 radical (unpaired) electrons. The molecular formula is C13H21NO2S. The molecule has 0 amide bonds. The van der Waals surface area contributed by atoms with Crippen LogP contribution in [0.3, 0.4) is 0 Å². The Balaban J connectivity index is 1.74. The van der Waals surface area contributed by atoms with Gasteiger partial charge in [0.1, 0.15) is 0 Å². The molecule has 1 aromatic heterocycles. The van der Waals surface area contributed by atoms with E-state index in [-0.39, 0.29) is 6.10 Å². The molecule has 4 heteroatoms. The van der Waals surface area contributed by atoms with Crippen molar-refractivity contribution >= 4 is 11.3 Å². The Hall–Kier alpha value is -0.450. The highest BCUT2D eigenvalue weighted by Gasteiger charge is 2.17. The summed E-state index contributed by atoms with van der Waals surface area (Å²) in [5, 5.41) is 11.0. The predicted molar refractivity (Wildman–Crippen MR) is 69.5 cm³/mol. The third kappa shape index (κ3) is 3.76. The number of hydrogen-bond donors (Lipinski definition) is 1. The minimum atomic E-state index is -0.274. The Morgan fingerprint density at radius 2 is 2.35 bits per heavy atom. The molecule has 2 atom stereocenters. The van der Waals surface area contributed by atoms with Crippen molar-refractivity contribution in [1.29, 1.82) is 0 Å². The smallest absolute Gasteiger partial charge is 0.0956 e. The summed E-state index contributed by atoms with van der Waals surface area (Å²) in [5.41, 5.74) is 1.09. The summed E-state index contributed by atoms with van der Waals surface area (Å²) in [5.74, 6) is 0. The van der Waals surface area contributed by atoms with Gasteiger partial charge in [-0.3, -0.25) is 0 Å². The highest BCUT2D eigenvalue weighted by molar-refractivity contribution is 7.11. The lowest BCUT2D eigenvalue weighted by Gasteiger charge is -2.12. The van der Waals surface area contributed by atoms with Crippen molar-refractivity contribution < 1.29 is 9.84 Å². The van der Waals surface area contributed by atoms with E-state index in [2.05, 4.69) is 11.9 Å². The van der Waals surface area contributed by atoms with Crippen LogP contribution in [0.15, 0.2) is 0 Å². The van der Waals surface area contributed by atoms with Crippen molar-refractivity contribution in [3.8, 4) is 0 Å². The van der Waals surface area contributed by atoms with Gasteiger partial charge < -0.3 is 9.84 Å². The second kappa shape index (κ2) is 5.94. The largest absolute Gasteiger partial charge is 0.393 e. The molecule has 1 fully saturated rings. The molecular weight excluding hydrogens is 234 g/mol. The van der Waals surface area contributed by atoms with E-state index in [0.717, 1.165) is 36.6 Å². The molecule has 17 heavy (non-hydrogen) atoms. The second-order valence-electron chi connectivity index (χ2n) is 4.82. The number of aliphatic hydroxyl groups excluding tert-OH is 1. The minimum absolute atomic E-state index is 0.274. The normalized spacial score (nSPS) is 21.9. The van der Waals surface area contributed by atoms with Gasteiger partial charge in [-0.2, -0.15) is 0 Å². The van der Waals surface area contributed by atoms with E-state index < -0.39 is 0 Å². The number of ether oxygens (including phenoxy) is 1. The van der Waals surface area contributed by atoms with Crippen LogP contribution in [0.5, 0.6) is 0 Å². The summed E-state index contributed by atoms with van der Waals surface area (Å²) >= 11 is 1.70. The van der Waals surface area contributed by atoms with E-state index in [4.69, 9.17) is 4.74 Å². The number of nitrogens with zero attached hydrogens (tertiary/aromatic N) is 1. The van der Waals surface area contributed by atoms with Gasteiger partial charge in [-0.25, -0.2) is 4.98 Å². The summed E-state index contributed by atoms with van der Waals surface area (Å²) in [6.45, 7) is 5.00. The molecule has 2 heterocycles. The molecule has 0 spiro atoms. The topological polar surface area (TPSA) is 42.4 Å². The van der Waals surface area contributed by atoms with Crippen molar-refractivity contribution in [1.82, 2.24) is 4.98 Å². The van der Waals surface area contributed by atoms with Gasteiger partial charge in [-0.15, -0.1) is 11.3 Å². The minimum Gasteiger partial charge on any atom is -0.393 e. The zero-order valence-electron chi connectivity index (χ0n) is 10.6. The first-order valence-electron chi connectivity index (χ1n) is 6.37. The fourth-order valence-electron chi connectivity index (χ4n) is 2.18. The van der Waals surface area contributed by atoms with Gasteiger partial charge in [0.2, 0.25) is 0 Å². The number of hydrogen-bond acceptors (Lipinski definition) is 4. The molecule has 2 unspecified atom stereocenters. The van der Waals surface area contributed by atoms with Crippen LogP contribution in [0, 0.1) is 13.8 Å². The van der Waals surface area contributed by atoms with E-state index in [1.165, 1.54) is 11.3 Å². The van der Waals surface area contributed by atoms with Crippen LogP contribution < -0.4 is 0 Å². The van der Waals surface area contributed by atoms with Crippen molar-refractivity contribution in [3.63, 3.8) is 0 Å². The Bertz CT molecular complexity index is 339. The molecule has 0 saturated carbocycles. The van der Waals surface area contributed by atoms with E-state index in [1.54, 1.807) is 11.3 Å². The summed E-state index contributed by atoms with van der Waals surface area (Å²) in [6, 6.07) is 0. The second-order valence-corrected chi connectivity index (χ2v) is 6.11. The van der Waals surface area contributed by atoms with E-state index in [1.807, 2.05) is 6.92 Å². The quantitative estimate of drug-likeness (QED) is 0.879. The van der Waals surface area contributed by atoms with E-state index in [0.29, 0.717) is 12.5 Å². The fourth-order valence-corrected chi connectivity index (χ4v) is 3.19. The zero-order valence-corrected chi connectivity index (χ0v) is 11.4. The van der Waals surface area contributed by atoms with Crippen LogP contribution in [0.1, 0.15) is 41.3 Å². The van der Waals surface area contributed by atoms with Gasteiger partial charge in [0.15, 0.2) is 0 Å². The van der Waals surface area contributed by atoms with E-state index in [9.17, 15) is 5.11 Å². The van der Waals surface area contributed by atoms with Gasteiger partial charge in [-0.05, 0) is 39.5 Å². The van der Waals surface area contributed by atoms with Crippen LogP contribution in [0.2, 0.25) is 0 Å². The molecule has 1 aliphatic rings. The van der Waals surface area contributed by atoms with Gasteiger partial charge in [0, 0.05) is 17.9 Å². The highest BCUT2D eigenvalue weighted by Crippen LogP contribution is 2.21. The average Bonchev–Trinajstić information content (AvgIpc) is 2.87. The first-order chi connectivity index (χ1) is 8.15. The van der Waals surface area contributed by atoms with Gasteiger partial charge in [0.05, 0.1) is 22.9 Å². The van der Waals surface area contributed by atoms with Crippen molar-refractivity contribution in [2.24, 2.45) is 0 Å². The first kappa shape index (κ1) is 13.0. The van der Waals surface area contributed by atoms with Crippen molar-refractivity contribution in [3.05, 3.63) is 15.6 Å². The molecule has 1 aromatic rings. The summed E-state index contributed by atoms with van der Waals surface area (Å²) in [4.78, 5) is 5.71. The van der Waals surface area contributed by atoms with Crippen LogP contribution in [-0.4, -0.2) is 28.9 Å². The van der Waals surface area contributed by atoms with E-state index >= 15 is 0 Å². The predicted octanol–water partition coefficient (Wildman–Crippen LogP) is 2.62. The zero-order chi connectivity index (χ0) is 12.3. The maximum absolute atomic E-state index is 9.97. The number of rotatable bonds is 5. The Morgan fingerprint density at radius 1 is 1.53 bits per heavy atom. The van der Waals surface area contributed by atoms with Crippen molar-refractivity contribution in [2.45, 2.75) is 58.2 Å². The number of aromatic nitrogens is 1. The molecule has 0 bridgehead atoms. The monoisotopic (exact) mass is 255 g/mol. The third-order valence-corrected chi connectivity index (χ3v) is 4.42. The Kier molecular flexibility index (Phi) is 4.54. The molecule has 0 aliphatic carbocycles. The number of aryl methyl sites for hydroxylation is 2. The highest BCUT2D eigenvalue weighted by atomic mass is 32.1. The molecule has 96 valence electrons. The van der Waals surface area contributed by atoms with Gasteiger partial charge in [0.25, 0.3) is 0 Å². The molecule has 1 aliphatic heterocycles. The van der Waals surface area contributed by atoms with Crippen LogP contribution in [0.4, 0.5) is 0 Å². The molecule has 3 nitrogen and oxygen atoms in total. The third-order valence-electron chi connectivity index (χ3n) is 3.33. The lowest BCUT2D eigenvalue weighted by Crippen LogP contribution is -2.14. The van der Waals surface area contributed by atoms with Gasteiger partial charge in [-0.1, -0.05) is 0 Å². The van der Waals surface area contributed by atoms with Gasteiger partial charge >= 0.3 is 0 Å². The fraction of sp³-hybridized carbons (Fsp3) is 0.769. The van der Waals surface area contributed by atoms with Crippen LogP contribution in [0.25, 0.3) is 0 Å². The van der Waals surface area contributed by atoms with Crippen molar-refractivity contribution in [2.75, 3.05) is 6.61 Å². The molecule has 1 N–H and O–H groups in total. The summed E-state index contributed by atoms with van der Waals surface area (Å²) < 4.78 is 5.55. The number of thiazole rings is 1. The number of aliphatic hydroxyl groups is 1. The molecule has 1 saturated heterocycles. The maximum atomic E-state index is 9.97. The average molecular weight is 255 g/mol. The van der Waals surface area contributed by atoms with Crippen LogP contribution in [-0.2, 0) is 11.2 Å². The standard InChI is InChI=1S/C13H21NO2S/c1-9-10(2)17-13(14-9)8-11(15)5-6-12-4-3-7-16-12/h11-12,15H,3-8H2,1-2H3. The molecule has 2 rings (SSSR count). The Labute approximate surface area is 107 Å². The lowest BCUT2D eigenvalue weighted by molar-refractivity contribution is 0.0813. The molecule has 0 aromatic carbocycles. The summed E-state index contributed by atoms with van der Waals surface area (Å²) in [6.07, 6.45) is 4.92. The first-order valence-corrected chi connectivity index (χ1v) is 7.19. The SMILES string of the molecule is Cc1nc(CC(O)CCC2CCCO2)sc1C. The lowest BCUT2D eigenvalue weighted by atomic mass is 10.1. The van der Waals surface area contributed by atoms with Crippen LogP contribution >= 0.6 is 11.3 Å².